The lowest BCUT2D eigenvalue weighted by molar-refractivity contribution is 0.852. The number of halogens is 1. The van der Waals surface area contributed by atoms with Crippen molar-refractivity contribution in [3.63, 3.8) is 0 Å². The van der Waals surface area contributed by atoms with E-state index in [1.54, 1.807) is 0 Å². The van der Waals surface area contributed by atoms with Crippen molar-refractivity contribution in [3.8, 4) is 0 Å². The van der Waals surface area contributed by atoms with Crippen molar-refractivity contribution in [1.29, 1.82) is 0 Å². The fourth-order valence-electron chi connectivity index (χ4n) is 0.798. The molecule has 1 aromatic heterocycles. The Balaban J connectivity index is 2.66. The highest BCUT2D eigenvalue weighted by Gasteiger charge is 2.04. The van der Waals surface area contributed by atoms with E-state index in [0.29, 0.717) is 5.92 Å². The Morgan fingerprint density at radius 3 is 2.82 bits per heavy atom. The molecule has 1 aromatic rings. The predicted molar refractivity (Wildman–Crippen MR) is 53.7 cm³/mol. The maximum atomic E-state index is 4.33. The van der Waals surface area contributed by atoms with Crippen molar-refractivity contribution in [3.05, 3.63) is 16.1 Å². The second-order valence-corrected chi connectivity index (χ2v) is 4.70. The summed E-state index contributed by atoms with van der Waals surface area (Å²) < 4.78 is 0. The van der Waals surface area contributed by atoms with Crippen LogP contribution in [0.4, 0.5) is 0 Å². The Morgan fingerprint density at radius 1 is 1.64 bits per heavy atom. The van der Waals surface area contributed by atoms with Crippen LogP contribution in [0.1, 0.15) is 29.7 Å². The summed E-state index contributed by atoms with van der Waals surface area (Å²) >= 11 is 5.24. The molecule has 0 radical (unpaired) electrons. The van der Waals surface area contributed by atoms with Crippen molar-refractivity contribution in [2.24, 2.45) is 0 Å². The molecule has 0 aliphatic rings. The molecule has 62 valence electrons. The van der Waals surface area contributed by atoms with E-state index in [-0.39, 0.29) is 0 Å². The fourth-order valence-corrected chi connectivity index (χ4v) is 2.41. The van der Waals surface area contributed by atoms with Gasteiger partial charge in [-0.25, -0.2) is 4.98 Å². The van der Waals surface area contributed by atoms with Gasteiger partial charge in [0.2, 0.25) is 0 Å². The van der Waals surface area contributed by atoms with Crippen LogP contribution in [-0.2, 0) is 6.42 Å². The molecule has 1 nitrogen and oxygen atoms in total. The van der Waals surface area contributed by atoms with Crippen molar-refractivity contribution in [2.45, 2.75) is 26.2 Å². The summed E-state index contributed by atoms with van der Waals surface area (Å²) in [6, 6.07) is 0. The van der Waals surface area contributed by atoms with Crippen LogP contribution in [0.25, 0.3) is 0 Å². The summed E-state index contributed by atoms with van der Waals surface area (Å²) in [5.41, 5.74) is 0. The molecule has 3 heteroatoms. The summed E-state index contributed by atoms with van der Waals surface area (Å²) in [6.07, 6.45) is 3.09. The summed E-state index contributed by atoms with van der Waals surface area (Å²) in [4.78, 5) is 5.71. The van der Waals surface area contributed by atoms with Gasteiger partial charge in [0.1, 0.15) is 0 Å². The molecule has 0 atom stereocenters. The molecule has 0 bridgehead atoms. The van der Waals surface area contributed by atoms with Crippen LogP contribution < -0.4 is 0 Å². The van der Waals surface area contributed by atoms with Gasteiger partial charge < -0.3 is 0 Å². The summed E-state index contributed by atoms with van der Waals surface area (Å²) in [5, 5.41) is 2.29. The molecule has 1 rings (SSSR count). The lowest BCUT2D eigenvalue weighted by Crippen LogP contribution is -1.81. The Hall–Kier alpha value is 0.110. The van der Waals surface area contributed by atoms with E-state index in [1.165, 1.54) is 9.88 Å². The average Bonchev–Trinajstić information content (AvgIpc) is 2.37. The lowest BCUT2D eigenvalue weighted by Gasteiger charge is -1.95. The summed E-state index contributed by atoms with van der Waals surface area (Å²) in [6.45, 7) is 4.35. The quantitative estimate of drug-likeness (QED) is 0.732. The van der Waals surface area contributed by atoms with Gasteiger partial charge in [0.25, 0.3) is 0 Å². The van der Waals surface area contributed by atoms with Gasteiger partial charge in [-0.15, -0.1) is 11.3 Å². The van der Waals surface area contributed by atoms with Crippen LogP contribution >= 0.6 is 27.3 Å². The Kier molecular flexibility index (Phi) is 3.52. The highest BCUT2D eigenvalue weighted by molar-refractivity contribution is 9.09. The van der Waals surface area contributed by atoms with Crippen molar-refractivity contribution >= 4 is 27.3 Å². The van der Waals surface area contributed by atoms with Crippen LogP contribution in [0, 0.1) is 0 Å². The van der Waals surface area contributed by atoms with E-state index in [4.69, 9.17) is 0 Å². The SMILES string of the molecule is CC(C)c1ncc(CCBr)s1. The zero-order chi connectivity index (χ0) is 8.27. The fraction of sp³-hybridized carbons (Fsp3) is 0.625. The highest BCUT2D eigenvalue weighted by atomic mass is 79.9. The van der Waals surface area contributed by atoms with Gasteiger partial charge in [-0.3, -0.25) is 0 Å². The Bertz CT molecular complexity index is 220. The molecule has 0 amide bonds. The molecule has 0 unspecified atom stereocenters. The van der Waals surface area contributed by atoms with E-state index < -0.39 is 0 Å². The number of rotatable bonds is 3. The minimum absolute atomic E-state index is 0.573. The van der Waals surface area contributed by atoms with Crippen LogP contribution in [0.2, 0.25) is 0 Å². The van der Waals surface area contributed by atoms with E-state index in [2.05, 4.69) is 34.8 Å². The molecule has 1 heterocycles. The largest absolute Gasteiger partial charge is 0.249 e. The minimum atomic E-state index is 0.573. The Labute approximate surface area is 80.0 Å². The van der Waals surface area contributed by atoms with Gasteiger partial charge in [0.15, 0.2) is 0 Å². The molecule has 0 saturated carbocycles. The number of aryl methyl sites for hydroxylation is 1. The van der Waals surface area contributed by atoms with Crippen LogP contribution in [0.5, 0.6) is 0 Å². The van der Waals surface area contributed by atoms with Gasteiger partial charge in [0, 0.05) is 22.3 Å². The summed E-state index contributed by atoms with van der Waals surface area (Å²) in [5.74, 6) is 0.573. The first-order valence-electron chi connectivity index (χ1n) is 3.74. The average molecular weight is 234 g/mol. The maximum Gasteiger partial charge on any atom is 0.0953 e. The lowest BCUT2D eigenvalue weighted by atomic mass is 10.2. The van der Waals surface area contributed by atoms with E-state index >= 15 is 0 Å². The van der Waals surface area contributed by atoms with E-state index in [0.717, 1.165) is 11.8 Å². The zero-order valence-electron chi connectivity index (χ0n) is 6.80. The zero-order valence-corrected chi connectivity index (χ0v) is 9.20. The van der Waals surface area contributed by atoms with Crippen molar-refractivity contribution in [2.75, 3.05) is 5.33 Å². The number of thiazole rings is 1. The first-order chi connectivity index (χ1) is 5.24. The molecule has 0 saturated heterocycles. The van der Waals surface area contributed by atoms with E-state index in [1.807, 2.05) is 17.5 Å². The molecule has 0 N–H and O–H groups in total. The molecule has 0 aliphatic carbocycles. The van der Waals surface area contributed by atoms with Gasteiger partial charge in [0.05, 0.1) is 5.01 Å². The summed E-state index contributed by atoms with van der Waals surface area (Å²) in [7, 11) is 0. The van der Waals surface area contributed by atoms with Crippen molar-refractivity contribution < 1.29 is 0 Å². The van der Waals surface area contributed by atoms with Crippen LogP contribution in [0.15, 0.2) is 6.20 Å². The second-order valence-electron chi connectivity index (χ2n) is 2.76. The van der Waals surface area contributed by atoms with E-state index in [9.17, 15) is 0 Å². The smallest absolute Gasteiger partial charge is 0.0953 e. The van der Waals surface area contributed by atoms with Crippen LogP contribution in [-0.4, -0.2) is 10.3 Å². The third-order valence-electron chi connectivity index (χ3n) is 1.41. The molecule has 11 heavy (non-hydrogen) atoms. The molecule has 0 spiro atoms. The van der Waals surface area contributed by atoms with Crippen LogP contribution in [0.3, 0.4) is 0 Å². The third-order valence-corrected chi connectivity index (χ3v) is 3.16. The standard InChI is InChI=1S/C8H12BrNS/c1-6(2)8-10-5-7(11-8)3-4-9/h5-6H,3-4H2,1-2H3. The predicted octanol–water partition coefficient (Wildman–Crippen LogP) is 3.20. The number of aromatic nitrogens is 1. The maximum absolute atomic E-state index is 4.33. The minimum Gasteiger partial charge on any atom is -0.249 e. The first kappa shape index (κ1) is 9.20. The topological polar surface area (TPSA) is 12.9 Å². The molecule has 0 aromatic carbocycles. The van der Waals surface area contributed by atoms with Crippen molar-refractivity contribution in [1.82, 2.24) is 4.98 Å². The normalized spacial score (nSPS) is 10.9. The molecule has 0 aliphatic heterocycles. The second kappa shape index (κ2) is 4.21. The monoisotopic (exact) mass is 233 g/mol. The van der Waals surface area contributed by atoms with Gasteiger partial charge in [-0.05, 0) is 6.42 Å². The Morgan fingerprint density at radius 2 is 2.36 bits per heavy atom. The first-order valence-corrected chi connectivity index (χ1v) is 5.68. The number of hydrogen-bond acceptors (Lipinski definition) is 2. The number of alkyl halides is 1. The number of nitrogens with zero attached hydrogens (tertiary/aromatic N) is 1. The third kappa shape index (κ3) is 2.56. The van der Waals surface area contributed by atoms with Gasteiger partial charge in [-0.2, -0.15) is 0 Å². The van der Waals surface area contributed by atoms with Gasteiger partial charge in [-0.1, -0.05) is 29.8 Å². The van der Waals surface area contributed by atoms with Gasteiger partial charge >= 0.3 is 0 Å². The molecule has 0 fully saturated rings. The molecular formula is C8H12BrNS. The highest BCUT2D eigenvalue weighted by Crippen LogP contribution is 2.21. The number of hydrogen-bond donors (Lipinski definition) is 0. The molecular weight excluding hydrogens is 222 g/mol.